The van der Waals surface area contributed by atoms with Gasteiger partial charge in [-0.05, 0) is 182 Å². The van der Waals surface area contributed by atoms with Gasteiger partial charge in [0.05, 0.1) is 17.0 Å². The molecule has 442 valence electrons. The van der Waals surface area contributed by atoms with E-state index < -0.39 is 41.0 Å². The number of alkyl halides is 9. The average Bonchev–Trinajstić information content (AvgIpc) is 3.37. The lowest BCUT2D eigenvalue weighted by atomic mass is 9.77. The first kappa shape index (κ1) is 67.0. The van der Waals surface area contributed by atoms with Crippen molar-refractivity contribution in [2.45, 2.75) is 194 Å². The third kappa shape index (κ3) is 21.4. The molecule has 15 heteroatoms. The molecule has 3 aliphatic heterocycles. The van der Waals surface area contributed by atoms with Crippen molar-refractivity contribution < 1.29 is 48.7 Å². The van der Waals surface area contributed by atoms with E-state index in [9.17, 15) is 48.7 Å². The molecule has 3 heterocycles. The minimum absolute atomic E-state index is 0.0434. The summed E-state index contributed by atoms with van der Waals surface area (Å²) in [7, 11) is 0. The molecule has 5 nitrogen and oxygen atoms in total. The van der Waals surface area contributed by atoms with Crippen LogP contribution in [-0.2, 0) is 33.4 Å². The van der Waals surface area contributed by atoms with Crippen molar-refractivity contribution in [1.82, 2.24) is 19.6 Å². The Morgan fingerprint density at radius 1 is 0.443 bits per heavy atom. The first-order valence-corrected chi connectivity index (χ1v) is 28.1. The van der Waals surface area contributed by atoms with Crippen LogP contribution in [0.2, 0.25) is 0 Å². The zero-order valence-corrected chi connectivity index (χ0v) is 49.3. The van der Waals surface area contributed by atoms with Crippen molar-refractivity contribution >= 4 is 5.91 Å². The smallest absolute Gasteiger partial charge is 0.340 e. The summed E-state index contributed by atoms with van der Waals surface area (Å²) in [5.74, 6) is -1.31. The second-order valence-corrected chi connectivity index (χ2v) is 24.8. The van der Waals surface area contributed by atoms with Crippen molar-refractivity contribution in [1.29, 1.82) is 0 Å². The van der Waals surface area contributed by atoms with Crippen LogP contribution in [0.5, 0.6) is 0 Å². The Labute approximate surface area is 466 Å². The van der Waals surface area contributed by atoms with Gasteiger partial charge in [0.2, 0.25) is 5.91 Å². The lowest BCUT2D eigenvalue weighted by molar-refractivity contribution is -0.185. The maximum Gasteiger partial charge on any atom is 0.416 e. The minimum Gasteiger partial charge on any atom is -0.340 e. The quantitative estimate of drug-likeness (QED) is 0.112. The predicted octanol–water partition coefficient (Wildman–Crippen LogP) is 17.2. The van der Waals surface area contributed by atoms with Gasteiger partial charge in [0.1, 0.15) is 5.82 Å². The van der Waals surface area contributed by atoms with E-state index in [0.717, 1.165) is 54.8 Å². The van der Waals surface area contributed by atoms with Gasteiger partial charge in [-0.1, -0.05) is 119 Å². The summed E-state index contributed by atoms with van der Waals surface area (Å²) >= 11 is 0. The molecule has 0 bridgehead atoms. The molecule has 0 aromatic heterocycles. The highest BCUT2D eigenvalue weighted by Crippen LogP contribution is 2.39. The Morgan fingerprint density at radius 2 is 0.734 bits per heavy atom. The van der Waals surface area contributed by atoms with Crippen molar-refractivity contribution in [2.75, 3.05) is 52.4 Å². The molecule has 0 spiro atoms. The summed E-state index contributed by atoms with van der Waals surface area (Å²) in [5.41, 5.74) is 4.59. The van der Waals surface area contributed by atoms with Crippen LogP contribution >= 0.6 is 0 Å². The molecule has 0 aliphatic carbocycles. The van der Waals surface area contributed by atoms with Crippen molar-refractivity contribution in [3.8, 4) is 0 Å². The molecule has 0 radical (unpaired) electrons. The van der Waals surface area contributed by atoms with E-state index in [-0.39, 0.29) is 47.5 Å². The number of carbonyl (C=O) groups is 1. The van der Waals surface area contributed by atoms with Gasteiger partial charge in [0.15, 0.2) is 0 Å². The second-order valence-electron chi connectivity index (χ2n) is 24.8. The van der Waals surface area contributed by atoms with Crippen molar-refractivity contribution in [3.63, 3.8) is 0 Å². The number of piperazine rings is 1. The van der Waals surface area contributed by atoms with Crippen LogP contribution in [0.25, 0.3) is 0 Å². The Bertz CT molecular complexity index is 2420. The van der Waals surface area contributed by atoms with Gasteiger partial charge in [-0.25, -0.2) is 4.39 Å². The number of carbonyl (C=O) groups excluding carboxylic acids is 1. The van der Waals surface area contributed by atoms with E-state index in [4.69, 9.17) is 0 Å². The lowest BCUT2D eigenvalue weighted by Gasteiger charge is -2.41. The standard InChI is InChI=1S/C22H29F6N.C22H31F3N2O.C20H30FN/c1-15(2)13-19(29-11-9-18(10-12-29)22(26,27)28)14-20(3,4)16-5-7-17(8-6-16)21(23,24)25;1-16(2)14-20(27-12-10-26(11-13-27)17(3)28)15-21(4,5)18-6-8-19(9-7-18)22(23,24)25;1-16(2)14-19(22-12-6-5-7-13-22)15-20(3,4)17-8-10-18(21)11-9-17/h5-8,13,18-19H,9-12,14H2,1-4H3;6-9,14,20H,10-13,15H2,1-5H3;8-11,14,19H,5-7,12-13,15H2,1-4H3. The fourth-order valence-electron chi connectivity index (χ4n) is 11.3. The zero-order chi connectivity index (χ0) is 59.3. The molecule has 3 aromatic rings. The summed E-state index contributed by atoms with van der Waals surface area (Å²) in [6.07, 6.45) is 0.471. The van der Waals surface area contributed by atoms with Gasteiger partial charge in [0.25, 0.3) is 0 Å². The highest BCUT2D eigenvalue weighted by molar-refractivity contribution is 5.73. The molecule has 0 N–H and O–H groups in total. The number of likely N-dealkylation sites (tertiary alicyclic amines) is 2. The molecule has 3 unspecified atom stereocenters. The second kappa shape index (κ2) is 28.5. The van der Waals surface area contributed by atoms with Crippen LogP contribution in [0.15, 0.2) is 108 Å². The summed E-state index contributed by atoms with van der Waals surface area (Å²) < 4.78 is 129. The van der Waals surface area contributed by atoms with Gasteiger partial charge in [-0.3, -0.25) is 19.5 Å². The fourth-order valence-corrected chi connectivity index (χ4v) is 11.3. The van der Waals surface area contributed by atoms with Crippen LogP contribution in [-0.4, -0.2) is 102 Å². The molecular formula is C64H90F10N4O. The largest absolute Gasteiger partial charge is 0.416 e. The zero-order valence-electron chi connectivity index (χ0n) is 49.3. The maximum atomic E-state index is 13.2. The van der Waals surface area contributed by atoms with E-state index >= 15 is 0 Å². The highest BCUT2D eigenvalue weighted by atomic mass is 19.4. The van der Waals surface area contributed by atoms with Crippen LogP contribution in [0.3, 0.4) is 0 Å². The number of amides is 1. The molecule has 3 saturated heterocycles. The van der Waals surface area contributed by atoms with Crippen molar-refractivity contribution in [2.24, 2.45) is 5.92 Å². The Hall–Kier alpha value is -4.47. The minimum atomic E-state index is -4.38. The van der Waals surface area contributed by atoms with E-state index in [1.165, 1.54) is 73.3 Å². The number of allylic oxidation sites excluding steroid dienone is 3. The molecule has 6 rings (SSSR count). The van der Waals surface area contributed by atoms with Crippen LogP contribution in [0.1, 0.15) is 169 Å². The first-order valence-electron chi connectivity index (χ1n) is 28.1. The number of benzene rings is 3. The number of halogens is 10. The van der Waals surface area contributed by atoms with Gasteiger partial charge >= 0.3 is 18.5 Å². The summed E-state index contributed by atoms with van der Waals surface area (Å²) in [6.45, 7) is 32.8. The van der Waals surface area contributed by atoms with Gasteiger partial charge < -0.3 is 4.90 Å². The maximum absolute atomic E-state index is 13.2. The summed E-state index contributed by atoms with van der Waals surface area (Å²) in [6, 6.07) is 18.3. The molecule has 3 atom stereocenters. The summed E-state index contributed by atoms with van der Waals surface area (Å²) in [4.78, 5) is 20.5. The topological polar surface area (TPSA) is 30.0 Å². The average molecular weight is 1120 g/mol. The Balaban J connectivity index is 0.000000258. The summed E-state index contributed by atoms with van der Waals surface area (Å²) in [5, 5.41) is 0. The number of nitrogens with zero attached hydrogens (tertiary/aromatic N) is 4. The lowest BCUT2D eigenvalue weighted by Crippen LogP contribution is -2.52. The monoisotopic (exact) mass is 1120 g/mol. The van der Waals surface area contributed by atoms with E-state index in [2.05, 4.69) is 88.3 Å². The number of piperidine rings is 2. The molecule has 1 amide bonds. The van der Waals surface area contributed by atoms with Crippen LogP contribution < -0.4 is 0 Å². The first-order chi connectivity index (χ1) is 36.5. The molecule has 79 heavy (non-hydrogen) atoms. The van der Waals surface area contributed by atoms with E-state index in [0.29, 0.717) is 38.6 Å². The number of hydrogen-bond donors (Lipinski definition) is 0. The number of hydrogen-bond acceptors (Lipinski definition) is 4. The fraction of sp³-hybridized carbons (Fsp3) is 0.609. The molecular weight excluding hydrogens is 1030 g/mol. The third-order valence-corrected chi connectivity index (χ3v) is 15.9. The Morgan fingerprint density at radius 3 is 1.03 bits per heavy atom. The number of rotatable bonds is 15. The normalized spacial score (nSPS) is 18.0. The van der Waals surface area contributed by atoms with E-state index in [1.807, 2.05) is 44.7 Å². The highest BCUT2D eigenvalue weighted by Gasteiger charge is 2.43. The van der Waals surface area contributed by atoms with E-state index in [1.54, 1.807) is 31.2 Å². The van der Waals surface area contributed by atoms with Gasteiger partial charge in [-0.15, -0.1) is 0 Å². The SMILES string of the molecule is CC(=O)N1CCN(C(C=C(C)C)CC(C)(C)c2ccc(C(F)(F)F)cc2)CC1.CC(C)=CC(CC(C)(C)c1ccc(C(F)(F)F)cc1)N1CCC(C(F)(F)F)CC1.CC(C)=CC(CC(C)(C)c1ccc(F)cc1)N1CCCCC1. The molecule has 3 aliphatic rings. The molecule has 3 fully saturated rings. The third-order valence-electron chi connectivity index (χ3n) is 15.9. The Kier molecular flexibility index (Phi) is 24.2. The molecule has 0 saturated carbocycles. The van der Waals surface area contributed by atoms with Crippen LogP contribution in [0.4, 0.5) is 43.9 Å². The van der Waals surface area contributed by atoms with Gasteiger partial charge in [0, 0.05) is 51.2 Å². The molecule has 3 aromatic carbocycles. The predicted molar refractivity (Wildman–Crippen MR) is 301 cm³/mol. The van der Waals surface area contributed by atoms with Crippen molar-refractivity contribution in [3.05, 3.63) is 141 Å². The van der Waals surface area contributed by atoms with Crippen LogP contribution in [0, 0.1) is 11.7 Å². The van der Waals surface area contributed by atoms with Gasteiger partial charge in [-0.2, -0.15) is 39.5 Å².